The molecule has 2 unspecified atom stereocenters. The monoisotopic (exact) mass is 420 g/mol. The summed E-state index contributed by atoms with van der Waals surface area (Å²) in [7, 11) is 2.27. The number of nitrogens with two attached hydrogens (primary N) is 1. The first-order valence-electron chi connectivity index (χ1n) is 9.44. The molecule has 2 heterocycles. The maximum Gasteiger partial charge on any atom is 0.246 e. The van der Waals surface area contributed by atoms with Crippen molar-refractivity contribution in [2.45, 2.75) is 38.6 Å². The zero-order valence-electron chi connectivity index (χ0n) is 15.7. The van der Waals surface area contributed by atoms with Gasteiger partial charge in [-0.2, -0.15) is 4.98 Å². The van der Waals surface area contributed by atoms with Gasteiger partial charge in [-0.3, -0.25) is 0 Å². The Hall–Kier alpha value is -1.60. The van der Waals surface area contributed by atoms with Crippen LogP contribution in [-0.4, -0.2) is 52.8 Å². The van der Waals surface area contributed by atoms with Gasteiger partial charge in [-0.25, -0.2) is 5.10 Å². The number of nitrogens with zero attached hydrogens (tertiary/aromatic N) is 4. The van der Waals surface area contributed by atoms with Gasteiger partial charge in [0.05, 0.1) is 0 Å². The van der Waals surface area contributed by atoms with Crippen LogP contribution in [-0.2, 0) is 6.42 Å². The van der Waals surface area contributed by atoms with Gasteiger partial charge in [0.25, 0.3) is 0 Å². The van der Waals surface area contributed by atoms with Gasteiger partial charge in [0.1, 0.15) is 0 Å². The molecule has 26 heavy (non-hydrogen) atoms. The largest absolute Gasteiger partial charge is 0.368 e. The highest BCUT2D eigenvalue weighted by Crippen LogP contribution is 2.28. The van der Waals surface area contributed by atoms with Crippen molar-refractivity contribution in [1.29, 1.82) is 0 Å². The fourth-order valence-electron chi connectivity index (χ4n) is 3.97. The van der Waals surface area contributed by atoms with E-state index in [1.807, 2.05) is 0 Å². The Morgan fingerprint density at radius 2 is 2.12 bits per heavy atom. The smallest absolute Gasteiger partial charge is 0.246 e. The van der Waals surface area contributed by atoms with E-state index in [4.69, 9.17) is 5.73 Å². The molecule has 142 valence electrons. The molecule has 1 aromatic carbocycles. The number of rotatable bonds is 7. The molecule has 1 fully saturated rings. The predicted octanol–water partition coefficient (Wildman–Crippen LogP) is 3.32. The van der Waals surface area contributed by atoms with E-state index < -0.39 is 0 Å². The molecule has 0 saturated carbocycles. The molecule has 0 bridgehead atoms. The molecule has 1 aliphatic rings. The molecular formula is C19H29BrN6. The molecule has 6 nitrogen and oxygen atoms in total. The second-order valence-electron chi connectivity index (χ2n) is 7.23. The van der Waals surface area contributed by atoms with Crippen molar-refractivity contribution in [1.82, 2.24) is 20.1 Å². The number of nitrogens with one attached hydrogen (secondary N) is 1. The molecule has 7 heteroatoms. The SMILES string of the molecule is CCCC1CN(c2n[nH]c(N)n2)CCC1N(C)CCc1ccc(Br)cc1. The quantitative estimate of drug-likeness (QED) is 0.718. The summed E-state index contributed by atoms with van der Waals surface area (Å²) in [5.41, 5.74) is 7.08. The van der Waals surface area contributed by atoms with Crippen LogP contribution in [0.1, 0.15) is 31.7 Å². The first kappa shape index (κ1) is 19.2. The highest BCUT2D eigenvalue weighted by Gasteiger charge is 2.32. The lowest BCUT2D eigenvalue weighted by Gasteiger charge is -2.42. The van der Waals surface area contributed by atoms with Crippen LogP contribution in [0.2, 0.25) is 0 Å². The normalized spacial score (nSPS) is 20.7. The number of H-pyrrole nitrogens is 1. The lowest BCUT2D eigenvalue weighted by molar-refractivity contribution is 0.144. The van der Waals surface area contributed by atoms with Gasteiger partial charge in [0.15, 0.2) is 0 Å². The minimum absolute atomic E-state index is 0.390. The lowest BCUT2D eigenvalue weighted by Crippen LogP contribution is -2.50. The van der Waals surface area contributed by atoms with Crippen molar-refractivity contribution in [2.24, 2.45) is 5.92 Å². The Bertz CT molecular complexity index is 686. The van der Waals surface area contributed by atoms with Gasteiger partial charge >= 0.3 is 0 Å². The number of hydrogen-bond acceptors (Lipinski definition) is 5. The molecule has 0 spiro atoms. The maximum absolute atomic E-state index is 5.69. The number of likely N-dealkylation sites (N-methyl/N-ethyl adjacent to an activating group) is 1. The van der Waals surface area contributed by atoms with E-state index in [2.05, 4.69) is 79.1 Å². The van der Waals surface area contributed by atoms with E-state index in [9.17, 15) is 0 Å². The molecule has 1 saturated heterocycles. The molecule has 2 atom stereocenters. The van der Waals surface area contributed by atoms with Gasteiger partial charge in [0, 0.05) is 30.1 Å². The van der Waals surface area contributed by atoms with Crippen LogP contribution in [0.15, 0.2) is 28.7 Å². The molecule has 0 aliphatic carbocycles. The molecular weight excluding hydrogens is 392 g/mol. The first-order chi connectivity index (χ1) is 12.6. The summed E-state index contributed by atoms with van der Waals surface area (Å²) in [6, 6.07) is 9.26. The van der Waals surface area contributed by atoms with Crippen molar-refractivity contribution in [3.8, 4) is 0 Å². The van der Waals surface area contributed by atoms with Gasteiger partial charge in [-0.05, 0) is 49.9 Å². The summed E-state index contributed by atoms with van der Waals surface area (Å²) in [6.07, 6.45) is 4.64. The Morgan fingerprint density at radius 1 is 1.35 bits per heavy atom. The average molecular weight is 421 g/mol. The Labute approximate surface area is 164 Å². The number of halogens is 1. The molecule has 0 radical (unpaired) electrons. The summed E-state index contributed by atoms with van der Waals surface area (Å²) in [6.45, 7) is 5.33. The Balaban J connectivity index is 1.59. The van der Waals surface area contributed by atoms with E-state index in [1.165, 1.54) is 18.4 Å². The van der Waals surface area contributed by atoms with Gasteiger partial charge < -0.3 is 15.5 Å². The third-order valence-corrected chi connectivity index (χ3v) is 5.89. The molecule has 1 aromatic heterocycles. The Kier molecular flexibility index (Phi) is 6.53. The summed E-state index contributed by atoms with van der Waals surface area (Å²) >= 11 is 3.50. The average Bonchev–Trinajstić information content (AvgIpc) is 3.08. The van der Waals surface area contributed by atoms with Crippen molar-refractivity contribution < 1.29 is 0 Å². The van der Waals surface area contributed by atoms with Gasteiger partial charge in [-0.15, -0.1) is 5.10 Å². The number of aromatic amines is 1. The third-order valence-electron chi connectivity index (χ3n) is 5.36. The van der Waals surface area contributed by atoms with E-state index in [-0.39, 0.29) is 0 Å². The number of aromatic nitrogens is 3. The number of nitrogen functional groups attached to an aromatic ring is 1. The van der Waals surface area contributed by atoms with Crippen molar-refractivity contribution in [3.05, 3.63) is 34.3 Å². The standard InChI is InChI=1S/C19H29BrN6/c1-3-4-15-13-26(19-22-18(21)23-24-19)12-10-17(15)25(2)11-9-14-5-7-16(20)8-6-14/h5-8,15,17H,3-4,9-13H2,1-2H3,(H3,21,22,23,24). The van der Waals surface area contributed by atoms with Crippen LogP contribution in [0.4, 0.5) is 11.9 Å². The first-order valence-corrected chi connectivity index (χ1v) is 10.2. The maximum atomic E-state index is 5.69. The third kappa shape index (κ3) is 4.76. The van der Waals surface area contributed by atoms with Crippen LogP contribution in [0, 0.1) is 5.92 Å². The Morgan fingerprint density at radius 3 is 2.77 bits per heavy atom. The van der Waals surface area contributed by atoms with Crippen LogP contribution in [0.5, 0.6) is 0 Å². The minimum atomic E-state index is 0.390. The van der Waals surface area contributed by atoms with Crippen molar-refractivity contribution in [3.63, 3.8) is 0 Å². The zero-order valence-corrected chi connectivity index (χ0v) is 17.2. The summed E-state index contributed by atoms with van der Waals surface area (Å²) in [5, 5.41) is 6.98. The van der Waals surface area contributed by atoms with Crippen LogP contribution in [0.3, 0.4) is 0 Å². The molecule has 2 aromatic rings. The molecule has 1 aliphatic heterocycles. The predicted molar refractivity (Wildman–Crippen MR) is 110 cm³/mol. The molecule has 0 amide bonds. The van der Waals surface area contributed by atoms with Crippen molar-refractivity contribution >= 4 is 27.8 Å². The fourth-order valence-corrected chi connectivity index (χ4v) is 4.23. The van der Waals surface area contributed by atoms with E-state index in [0.717, 1.165) is 42.9 Å². The second-order valence-corrected chi connectivity index (χ2v) is 8.14. The second kappa shape index (κ2) is 8.86. The molecule has 3 rings (SSSR count). The summed E-state index contributed by atoms with van der Waals surface area (Å²) in [4.78, 5) is 9.12. The van der Waals surface area contributed by atoms with Gasteiger partial charge in [-0.1, -0.05) is 41.4 Å². The topological polar surface area (TPSA) is 74.1 Å². The van der Waals surface area contributed by atoms with Gasteiger partial charge in [0.2, 0.25) is 11.9 Å². The van der Waals surface area contributed by atoms with Crippen LogP contribution < -0.4 is 10.6 Å². The van der Waals surface area contributed by atoms with Crippen LogP contribution >= 0.6 is 15.9 Å². The lowest BCUT2D eigenvalue weighted by atomic mass is 9.87. The highest BCUT2D eigenvalue weighted by molar-refractivity contribution is 9.10. The van der Waals surface area contributed by atoms with E-state index in [1.54, 1.807) is 0 Å². The molecule has 3 N–H and O–H groups in total. The van der Waals surface area contributed by atoms with Crippen LogP contribution in [0.25, 0.3) is 0 Å². The number of piperidine rings is 1. The van der Waals surface area contributed by atoms with E-state index >= 15 is 0 Å². The number of benzene rings is 1. The van der Waals surface area contributed by atoms with Crippen molar-refractivity contribution in [2.75, 3.05) is 37.3 Å². The minimum Gasteiger partial charge on any atom is -0.368 e. The zero-order chi connectivity index (χ0) is 18.5. The number of anilines is 2. The highest BCUT2D eigenvalue weighted by atomic mass is 79.9. The fraction of sp³-hybridized carbons (Fsp3) is 0.579. The summed E-state index contributed by atoms with van der Waals surface area (Å²) in [5.74, 6) is 1.75. The van der Waals surface area contributed by atoms with E-state index in [0.29, 0.717) is 17.9 Å². The summed E-state index contributed by atoms with van der Waals surface area (Å²) < 4.78 is 1.14. The number of hydrogen-bond donors (Lipinski definition) is 2.